The molecule has 0 aliphatic rings. The van der Waals surface area contributed by atoms with Gasteiger partial charge in [0.1, 0.15) is 11.9 Å². The van der Waals surface area contributed by atoms with Crippen molar-refractivity contribution in [1.29, 1.82) is 0 Å². The minimum atomic E-state index is 0. The average Bonchev–Trinajstić information content (AvgIpc) is 3.36. The van der Waals surface area contributed by atoms with E-state index < -0.39 is 0 Å². The molecule has 3 heterocycles. The number of imidazole rings is 1. The molecule has 0 amide bonds. The van der Waals surface area contributed by atoms with Crippen molar-refractivity contribution < 1.29 is 4.42 Å². The Morgan fingerprint density at radius 3 is 2.43 bits per heavy atom. The van der Waals surface area contributed by atoms with E-state index in [1.54, 1.807) is 13.3 Å². The third-order valence-electron chi connectivity index (χ3n) is 4.69. The van der Waals surface area contributed by atoms with Gasteiger partial charge in [0.2, 0.25) is 5.89 Å². The number of rotatable bonds is 5. The van der Waals surface area contributed by atoms with Crippen molar-refractivity contribution in [3.63, 3.8) is 0 Å². The van der Waals surface area contributed by atoms with Crippen LogP contribution >= 0.6 is 24.0 Å². The number of guanidine groups is 1. The lowest BCUT2D eigenvalue weighted by Crippen LogP contribution is -2.36. The largest absolute Gasteiger partial charge is 0.444 e. The highest BCUT2D eigenvalue weighted by Gasteiger charge is 2.08. The van der Waals surface area contributed by atoms with E-state index in [1.807, 2.05) is 42.6 Å². The summed E-state index contributed by atoms with van der Waals surface area (Å²) in [5, 5.41) is 6.54. The van der Waals surface area contributed by atoms with Crippen LogP contribution in [0.15, 0.2) is 64.3 Å². The molecular formula is C22H25IN6O. The number of nitrogens with one attached hydrogen (secondary N) is 2. The first-order valence-corrected chi connectivity index (χ1v) is 9.52. The van der Waals surface area contributed by atoms with E-state index in [4.69, 9.17) is 4.42 Å². The highest BCUT2D eigenvalue weighted by molar-refractivity contribution is 14.0. The molecule has 4 rings (SSSR count). The van der Waals surface area contributed by atoms with Crippen LogP contribution in [0.4, 0.5) is 0 Å². The van der Waals surface area contributed by atoms with Gasteiger partial charge in [0, 0.05) is 24.5 Å². The summed E-state index contributed by atoms with van der Waals surface area (Å²) in [6, 6.07) is 14.2. The minimum absolute atomic E-state index is 0. The summed E-state index contributed by atoms with van der Waals surface area (Å²) < 4.78 is 7.69. The Labute approximate surface area is 192 Å². The predicted molar refractivity (Wildman–Crippen MR) is 129 cm³/mol. The van der Waals surface area contributed by atoms with Crippen LogP contribution in [0.5, 0.6) is 0 Å². The first kappa shape index (κ1) is 21.8. The second kappa shape index (κ2) is 9.75. The summed E-state index contributed by atoms with van der Waals surface area (Å²) in [5.74, 6) is 1.29. The lowest BCUT2D eigenvalue weighted by atomic mass is 10.1. The second-order valence-electron chi connectivity index (χ2n) is 6.92. The Bertz CT molecular complexity index is 1150. The Kier molecular flexibility index (Phi) is 7.09. The van der Waals surface area contributed by atoms with Gasteiger partial charge in [0.05, 0.1) is 24.5 Å². The fraction of sp³-hybridized carbons (Fsp3) is 0.227. The number of hydrogen-bond donors (Lipinski definition) is 2. The van der Waals surface area contributed by atoms with Crippen LogP contribution < -0.4 is 10.6 Å². The zero-order chi connectivity index (χ0) is 20.2. The summed E-state index contributed by atoms with van der Waals surface area (Å²) >= 11 is 0. The number of pyridine rings is 1. The molecule has 0 aliphatic carbocycles. The van der Waals surface area contributed by atoms with Crippen molar-refractivity contribution >= 4 is 35.6 Å². The van der Waals surface area contributed by atoms with Gasteiger partial charge >= 0.3 is 0 Å². The maximum atomic E-state index is 5.61. The van der Waals surface area contributed by atoms with Gasteiger partial charge in [-0.05, 0) is 38.1 Å². The Morgan fingerprint density at radius 2 is 1.73 bits per heavy atom. The van der Waals surface area contributed by atoms with E-state index in [1.165, 1.54) is 5.56 Å². The van der Waals surface area contributed by atoms with Crippen molar-refractivity contribution in [2.24, 2.45) is 4.99 Å². The Morgan fingerprint density at radius 1 is 1.00 bits per heavy atom. The molecule has 0 saturated heterocycles. The fourth-order valence-electron chi connectivity index (χ4n) is 3.07. The Hall–Kier alpha value is -2.88. The average molecular weight is 516 g/mol. The third-order valence-corrected chi connectivity index (χ3v) is 4.69. The van der Waals surface area contributed by atoms with Crippen molar-refractivity contribution in [1.82, 2.24) is 25.0 Å². The van der Waals surface area contributed by atoms with E-state index in [0.29, 0.717) is 24.9 Å². The molecule has 7 nitrogen and oxygen atoms in total. The number of nitrogens with zero attached hydrogens (tertiary/aromatic N) is 4. The minimum Gasteiger partial charge on any atom is -0.444 e. The number of aryl methyl sites for hydroxylation is 2. The van der Waals surface area contributed by atoms with Gasteiger partial charge in [-0.1, -0.05) is 23.8 Å². The number of oxazole rings is 1. The zero-order valence-corrected chi connectivity index (χ0v) is 19.5. The molecule has 0 bridgehead atoms. The summed E-state index contributed by atoms with van der Waals surface area (Å²) in [5.41, 5.74) is 6.02. The standard InChI is InChI=1S/C22H24N6O.HI/c1-15-7-9-17(10-8-15)21-27-19(14-29-21)12-25-22(23-3)24-11-18-13-28-16(2)5-4-6-20(28)26-18;/h4-10,13-14H,11-12H2,1-3H3,(H2,23,24,25);1H. The SMILES string of the molecule is CN=C(NCc1coc(-c2ccc(C)cc2)n1)NCc1cn2c(C)cccc2n1.I. The van der Waals surface area contributed by atoms with Crippen molar-refractivity contribution in [3.05, 3.63) is 77.6 Å². The van der Waals surface area contributed by atoms with E-state index in [0.717, 1.165) is 28.3 Å². The molecule has 0 saturated carbocycles. The molecule has 0 atom stereocenters. The molecule has 1 aromatic carbocycles. The van der Waals surface area contributed by atoms with Gasteiger partial charge in [-0.2, -0.15) is 0 Å². The molecule has 156 valence electrons. The molecule has 0 aliphatic heterocycles. The molecule has 4 aromatic rings. The van der Waals surface area contributed by atoms with Gasteiger partial charge in [-0.15, -0.1) is 24.0 Å². The quantitative estimate of drug-likeness (QED) is 0.237. The lowest BCUT2D eigenvalue weighted by Gasteiger charge is -2.09. The molecule has 0 radical (unpaired) electrons. The lowest BCUT2D eigenvalue weighted by molar-refractivity contribution is 0.572. The molecule has 8 heteroatoms. The fourth-order valence-corrected chi connectivity index (χ4v) is 3.07. The van der Waals surface area contributed by atoms with Gasteiger partial charge in [0.15, 0.2) is 5.96 Å². The van der Waals surface area contributed by atoms with Crippen LogP contribution in [0.2, 0.25) is 0 Å². The normalized spacial score (nSPS) is 11.4. The van der Waals surface area contributed by atoms with E-state index in [9.17, 15) is 0 Å². The number of halogens is 1. The van der Waals surface area contributed by atoms with Gasteiger partial charge in [-0.25, -0.2) is 9.97 Å². The number of aromatic nitrogens is 3. The highest BCUT2D eigenvalue weighted by Crippen LogP contribution is 2.19. The number of benzene rings is 1. The second-order valence-corrected chi connectivity index (χ2v) is 6.92. The van der Waals surface area contributed by atoms with Crippen LogP contribution in [-0.2, 0) is 13.1 Å². The first-order chi connectivity index (χ1) is 14.1. The molecule has 3 aromatic heterocycles. The van der Waals surface area contributed by atoms with E-state index in [-0.39, 0.29) is 24.0 Å². The number of hydrogen-bond acceptors (Lipinski definition) is 4. The van der Waals surface area contributed by atoms with Crippen molar-refractivity contribution in [2.45, 2.75) is 26.9 Å². The topological polar surface area (TPSA) is 79.8 Å². The van der Waals surface area contributed by atoms with E-state index in [2.05, 4.69) is 49.9 Å². The smallest absolute Gasteiger partial charge is 0.226 e. The van der Waals surface area contributed by atoms with E-state index >= 15 is 0 Å². The third kappa shape index (κ3) is 4.99. The summed E-state index contributed by atoms with van der Waals surface area (Å²) in [6.07, 6.45) is 3.71. The predicted octanol–water partition coefficient (Wildman–Crippen LogP) is 4.09. The van der Waals surface area contributed by atoms with Crippen LogP contribution in [0, 0.1) is 13.8 Å². The van der Waals surface area contributed by atoms with Crippen molar-refractivity contribution in [3.8, 4) is 11.5 Å². The van der Waals surface area contributed by atoms with Gasteiger partial charge in [0.25, 0.3) is 0 Å². The number of aliphatic imine (C=N–C) groups is 1. The molecular weight excluding hydrogens is 491 g/mol. The van der Waals surface area contributed by atoms with Gasteiger partial charge in [-0.3, -0.25) is 4.99 Å². The highest BCUT2D eigenvalue weighted by atomic mass is 127. The van der Waals surface area contributed by atoms with Crippen LogP contribution in [-0.4, -0.2) is 27.4 Å². The first-order valence-electron chi connectivity index (χ1n) is 9.52. The van der Waals surface area contributed by atoms with Crippen LogP contribution in [0.1, 0.15) is 22.6 Å². The Balaban J connectivity index is 0.00000256. The molecule has 0 unspecified atom stereocenters. The zero-order valence-electron chi connectivity index (χ0n) is 17.2. The van der Waals surface area contributed by atoms with Crippen molar-refractivity contribution in [2.75, 3.05) is 7.05 Å². The van der Waals surface area contributed by atoms with Crippen LogP contribution in [0.3, 0.4) is 0 Å². The summed E-state index contributed by atoms with van der Waals surface area (Å²) in [4.78, 5) is 13.4. The van der Waals surface area contributed by atoms with Gasteiger partial charge < -0.3 is 19.5 Å². The summed E-state index contributed by atoms with van der Waals surface area (Å²) in [7, 11) is 1.74. The monoisotopic (exact) mass is 516 g/mol. The molecule has 0 fully saturated rings. The maximum Gasteiger partial charge on any atom is 0.226 e. The van der Waals surface area contributed by atoms with Crippen LogP contribution in [0.25, 0.3) is 17.1 Å². The molecule has 2 N–H and O–H groups in total. The number of fused-ring (bicyclic) bond motifs is 1. The maximum absolute atomic E-state index is 5.61. The molecule has 0 spiro atoms. The molecule has 30 heavy (non-hydrogen) atoms. The summed E-state index contributed by atoms with van der Waals surface area (Å²) in [6.45, 7) is 5.21.